The Labute approximate surface area is 200 Å². The zero-order chi connectivity index (χ0) is 22.3. The van der Waals surface area contributed by atoms with Crippen LogP contribution >= 0.6 is 12.4 Å². The monoisotopic (exact) mass is 474 g/mol. The second-order valence-electron chi connectivity index (χ2n) is 8.94. The van der Waals surface area contributed by atoms with Crippen molar-refractivity contribution in [2.75, 3.05) is 13.2 Å². The van der Waals surface area contributed by atoms with Gasteiger partial charge in [-0.05, 0) is 24.0 Å². The average molecular weight is 475 g/mol. The summed E-state index contributed by atoms with van der Waals surface area (Å²) in [4.78, 5) is 29.9. The van der Waals surface area contributed by atoms with Gasteiger partial charge in [-0.15, -0.1) is 12.4 Å². The molecule has 0 saturated carbocycles. The first-order valence-electron chi connectivity index (χ1n) is 11.4. The number of H-pyrrole nitrogens is 1. The fraction of sp³-hybridized carbons (Fsp3) is 0.231. The van der Waals surface area contributed by atoms with Crippen LogP contribution in [0.5, 0.6) is 0 Å². The maximum Gasteiger partial charge on any atom is 0.259 e. The summed E-state index contributed by atoms with van der Waals surface area (Å²) in [6.07, 6.45) is 1.39. The molecule has 2 aromatic heterocycles. The van der Waals surface area contributed by atoms with Crippen molar-refractivity contribution >= 4 is 67.8 Å². The summed E-state index contributed by atoms with van der Waals surface area (Å²) in [5, 5.41) is 19.0. The first kappa shape index (κ1) is 21.2. The van der Waals surface area contributed by atoms with Crippen LogP contribution in [0.2, 0.25) is 0 Å². The van der Waals surface area contributed by atoms with E-state index >= 15 is 0 Å². The molecule has 3 aromatic carbocycles. The Morgan fingerprint density at radius 2 is 1.68 bits per heavy atom. The molecule has 0 bridgehead atoms. The fourth-order valence-electron chi connectivity index (χ4n) is 5.90. The van der Waals surface area contributed by atoms with Gasteiger partial charge in [-0.25, -0.2) is 0 Å². The average Bonchev–Trinajstić information content (AvgIpc) is 3.38. The van der Waals surface area contributed by atoms with Gasteiger partial charge in [0.1, 0.15) is 0 Å². The van der Waals surface area contributed by atoms with E-state index < -0.39 is 0 Å². The number of aryl methyl sites for hydroxylation is 1. The number of carbonyl (C=O) groups excluding carboxylic acids is 2. The molecule has 0 saturated heterocycles. The Balaban J connectivity index is 0.00000217. The van der Waals surface area contributed by atoms with Gasteiger partial charge < -0.3 is 20.0 Å². The zero-order valence-electron chi connectivity index (χ0n) is 18.3. The van der Waals surface area contributed by atoms with Gasteiger partial charge in [0.2, 0.25) is 0 Å². The van der Waals surface area contributed by atoms with Crippen LogP contribution in [0.4, 0.5) is 0 Å². The zero-order valence-corrected chi connectivity index (χ0v) is 19.1. The second-order valence-corrected chi connectivity index (χ2v) is 8.94. The maximum absolute atomic E-state index is 13.1. The number of aromatic nitrogens is 2. The standard InChI is InChI=1S/C26H22N4O3.ClH/c31-11-3-6-13-4-1-7-15-17-19-20(26(33)29-25(19)32)18-16-8-2-5-14-12-27-9-10-30(23(14)16)24(18)22(17)28-21(13)15;/h1-2,4-5,7-8,27-28,31H,3,6,9-12H2,(H,29,32,33);1H. The van der Waals surface area contributed by atoms with Crippen LogP contribution in [0.15, 0.2) is 36.4 Å². The molecule has 7 nitrogen and oxygen atoms in total. The van der Waals surface area contributed by atoms with Crippen LogP contribution in [0.3, 0.4) is 0 Å². The number of nitrogens with one attached hydrogen (secondary N) is 3. The van der Waals surface area contributed by atoms with Crippen molar-refractivity contribution in [1.29, 1.82) is 0 Å². The lowest BCUT2D eigenvalue weighted by Crippen LogP contribution is -2.20. The molecule has 0 fully saturated rings. The van der Waals surface area contributed by atoms with Crippen molar-refractivity contribution in [3.63, 3.8) is 0 Å². The quantitative estimate of drug-likeness (QED) is 0.299. The highest BCUT2D eigenvalue weighted by atomic mass is 35.5. The summed E-state index contributed by atoms with van der Waals surface area (Å²) in [5.74, 6) is -0.665. The predicted molar refractivity (Wildman–Crippen MR) is 135 cm³/mol. The SMILES string of the molecule is Cl.O=C1NC(=O)c2c1c1c3cccc(CCCO)c3[nH]c1c1c2c2cccc3c2n1CCNC3. The largest absolute Gasteiger partial charge is 0.396 e. The van der Waals surface area contributed by atoms with E-state index in [0.29, 0.717) is 17.5 Å². The number of nitrogens with zero attached hydrogens (tertiary/aromatic N) is 1. The molecule has 2 aliphatic rings. The van der Waals surface area contributed by atoms with E-state index in [1.165, 1.54) is 5.56 Å². The summed E-state index contributed by atoms with van der Waals surface area (Å²) in [6, 6.07) is 12.3. The number of rotatable bonds is 3. The molecule has 2 aliphatic heterocycles. The number of fused-ring (bicyclic) bond motifs is 10. The molecule has 0 radical (unpaired) electrons. The number of benzene rings is 3. The van der Waals surface area contributed by atoms with Crippen molar-refractivity contribution in [2.45, 2.75) is 25.9 Å². The highest BCUT2D eigenvalue weighted by Gasteiger charge is 2.36. The van der Waals surface area contributed by atoms with Gasteiger partial charge >= 0.3 is 0 Å². The molecule has 5 aromatic rings. The summed E-state index contributed by atoms with van der Waals surface area (Å²) in [5.41, 5.74) is 7.19. The lowest BCUT2D eigenvalue weighted by Gasteiger charge is -2.08. The van der Waals surface area contributed by atoms with Gasteiger partial charge in [0.15, 0.2) is 0 Å². The number of aromatic amines is 1. The molecule has 4 N–H and O–H groups in total. The molecule has 4 heterocycles. The van der Waals surface area contributed by atoms with Gasteiger partial charge in [-0.3, -0.25) is 14.9 Å². The Bertz CT molecular complexity index is 1680. The number of hydrogen-bond acceptors (Lipinski definition) is 4. The lowest BCUT2D eigenvalue weighted by molar-refractivity contribution is 0.0880. The third kappa shape index (κ3) is 2.60. The molecule has 2 amide bonds. The summed E-state index contributed by atoms with van der Waals surface area (Å²) >= 11 is 0. The van der Waals surface area contributed by atoms with Crippen LogP contribution in [0, 0.1) is 0 Å². The first-order chi connectivity index (χ1) is 16.2. The molecule has 0 spiro atoms. The van der Waals surface area contributed by atoms with Gasteiger partial charge in [0.25, 0.3) is 11.8 Å². The number of aliphatic hydroxyl groups is 1. The molecular formula is C26H23ClN4O3. The molecule has 7 rings (SSSR count). The minimum atomic E-state index is -0.339. The summed E-state index contributed by atoms with van der Waals surface area (Å²) in [6.45, 7) is 2.48. The number of halogens is 1. The van der Waals surface area contributed by atoms with Crippen LogP contribution in [-0.4, -0.2) is 39.6 Å². The first-order valence-corrected chi connectivity index (χ1v) is 11.4. The van der Waals surface area contributed by atoms with Crippen LogP contribution in [-0.2, 0) is 19.5 Å². The molecular weight excluding hydrogens is 452 g/mol. The number of carbonyl (C=O) groups is 2. The lowest BCUT2D eigenvalue weighted by atomic mass is 9.95. The Hall–Kier alpha value is -3.39. The normalized spacial score (nSPS) is 15.2. The van der Waals surface area contributed by atoms with E-state index in [4.69, 9.17) is 0 Å². The van der Waals surface area contributed by atoms with E-state index in [-0.39, 0.29) is 30.8 Å². The third-order valence-electron chi connectivity index (χ3n) is 7.19. The summed E-state index contributed by atoms with van der Waals surface area (Å²) < 4.78 is 2.31. The van der Waals surface area contributed by atoms with Gasteiger partial charge in [-0.2, -0.15) is 0 Å². The number of imide groups is 1. The Kier molecular flexibility index (Phi) is 4.71. The highest BCUT2D eigenvalue weighted by molar-refractivity contribution is 6.39. The maximum atomic E-state index is 13.1. The van der Waals surface area contributed by atoms with Gasteiger partial charge in [0, 0.05) is 53.3 Å². The van der Waals surface area contributed by atoms with E-state index in [1.807, 2.05) is 18.2 Å². The molecule has 34 heavy (non-hydrogen) atoms. The highest BCUT2D eigenvalue weighted by Crippen LogP contribution is 2.44. The van der Waals surface area contributed by atoms with E-state index in [0.717, 1.165) is 75.2 Å². The Morgan fingerprint density at radius 1 is 0.912 bits per heavy atom. The Morgan fingerprint density at radius 3 is 2.50 bits per heavy atom. The topological polar surface area (TPSA) is 99.2 Å². The minimum absolute atomic E-state index is 0. The van der Waals surface area contributed by atoms with E-state index in [9.17, 15) is 14.7 Å². The van der Waals surface area contributed by atoms with Crippen molar-refractivity contribution in [3.05, 3.63) is 58.7 Å². The molecule has 0 unspecified atom stereocenters. The smallest absolute Gasteiger partial charge is 0.259 e. The predicted octanol–water partition coefficient (Wildman–Crippen LogP) is 3.76. The van der Waals surface area contributed by atoms with Crippen LogP contribution < -0.4 is 10.6 Å². The van der Waals surface area contributed by atoms with Crippen molar-refractivity contribution in [1.82, 2.24) is 20.2 Å². The number of para-hydroxylation sites is 2. The fourth-order valence-corrected chi connectivity index (χ4v) is 5.90. The van der Waals surface area contributed by atoms with Crippen molar-refractivity contribution in [2.24, 2.45) is 0 Å². The third-order valence-corrected chi connectivity index (χ3v) is 7.19. The summed E-state index contributed by atoms with van der Waals surface area (Å²) in [7, 11) is 0. The van der Waals surface area contributed by atoms with Crippen LogP contribution in [0.25, 0.3) is 43.6 Å². The van der Waals surface area contributed by atoms with E-state index in [2.05, 4.69) is 38.4 Å². The van der Waals surface area contributed by atoms with Gasteiger partial charge in [-0.1, -0.05) is 36.4 Å². The van der Waals surface area contributed by atoms with E-state index in [1.54, 1.807) is 0 Å². The molecule has 0 aliphatic carbocycles. The van der Waals surface area contributed by atoms with Gasteiger partial charge in [0.05, 0.1) is 27.7 Å². The number of aliphatic hydroxyl groups excluding tert-OH is 1. The molecule has 8 heteroatoms. The molecule has 0 atom stereocenters. The molecule has 172 valence electrons. The van der Waals surface area contributed by atoms with Crippen molar-refractivity contribution < 1.29 is 14.7 Å². The second kappa shape index (κ2) is 7.56. The number of amides is 2. The number of hydrogen-bond donors (Lipinski definition) is 4. The minimum Gasteiger partial charge on any atom is -0.396 e. The van der Waals surface area contributed by atoms with Crippen LogP contribution in [0.1, 0.15) is 38.3 Å². The van der Waals surface area contributed by atoms with Crippen molar-refractivity contribution in [3.8, 4) is 0 Å².